The van der Waals surface area contributed by atoms with E-state index in [9.17, 15) is 0 Å². The highest BCUT2D eigenvalue weighted by molar-refractivity contribution is 5.07. The first-order valence-electron chi connectivity index (χ1n) is 3.17. The molecule has 0 spiro atoms. The summed E-state index contributed by atoms with van der Waals surface area (Å²) in [6.07, 6.45) is 2.89. The van der Waals surface area contributed by atoms with Gasteiger partial charge in [-0.3, -0.25) is 0 Å². The Balaban J connectivity index is 3.04. The fraction of sp³-hybridized carbons (Fsp3) is 0.571. The van der Waals surface area contributed by atoms with Gasteiger partial charge in [0.1, 0.15) is 0 Å². The Bertz CT molecular complexity index is 201. The Labute approximate surface area is 55.5 Å². The Kier molecular flexibility index (Phi) is 1.56. The smallest absolute Gasteiger partial charge is 0.176 e. The molecule has 1 rings (SSSR count). The van der Waals surface area contributed by atoms with Crippen LogP contribution in [0.2, 0.25) is 0 Å². The summed E-state index contributed by atoms with van der Waals surface area (Å²) in [5.41, 5.74) is 2.30. The molecule has 0 aliphatic heterocycles. The van der Waals surface area contributed by atoms with Crippen LogP contribution in [0.15, 0.2) is 0 Å². The van der Waals surface area contributed by atoms with Gasteiger partial charge in [0.15, 0.2) is 6.33 Å². The summed E-state index contributed by atoms with van der Waals surface area (Å²) >= 11 is 0. The standard InChI is InChI=1S/C7H11N2/c1-4-9-5-8-6(2)7(9)3/h4H2,1-3H3. The van der Waals surface area contributed by atoms with Crippen molar-refractivity contribution in [3.63, 3.8) is 0 Å². The first kappa shape index (κ1) is 6.33. The van der Waals surface area contributed by atoms with Crippen LogP contribution in [0.1, 0.15) is 18.3 Å². The van der Waals surface area contributed by atoms with Gasteiger partial charge in [-0.25, -0.2) is 4.98 Å². The number of nitrogens with zero attached hydrogens (tertiary/aromatic N) is 2. The van der Waals surface area contributed by atoms with Gasteiger partial charge in [-0.2, -0.15) is 0 Å². The van der Waals surface area contributed by atoms with Gasteiger partial charge in [0.05, 0.1) is 5.69 Å². The van der Waals surface area contributed by atoms with Gasteiger partial charge in [0.2, 0.25) is 0 Å². The number of hydrogen-bond donors (Lipinski definition) is 0. The SMILES string of the molecule is CCn1[c]nc(C)c1C. The van der Waals surface area contributed by atoms with Crippen LogP contribution in [-0.2, 0) is 6.54 Å². The normalized spacial score (nSPS) is 10.1. The summed E-state index contributed by atoms with van der Waals surface area (Å²) in [6, 6.07) is 0. The summed E-state index contributed by atoms with van der Waals surface area (Å²) in [4.78, 5) is 4.02. The third kappa shape index (κ3) is 0.969. The van der Waals surface area contributed by atoms with E-state index in [1.807, 2.05) is 11.5 Å². The zero-order valence-electron chi connectivity index (χ0n) is 6.10. The van der Waals surface area contributed by atoms with E-state index in [1.54, 1.807) is 0 Å². The Morgan fingerprint density at radius 2 is 2.22 bits per heavy atom. The van der Waals surface area contributed by atoms with Crippen molar-refractivity contribution in [2.45, 2.75) is 27.3 Å². The third-order valence-electron chi connectivity index (χ3n) is 1.58. The van der Waals surface area contributed by atoms with Crippen molar-refractivity contribution >= 4 is 0 Å². The van der Waals surface area contributed by atoms with Gasteiger partial charge in [-0.1, -0.05) is 0 Å². The molecule has 0 atom stereocenters. The largest absolute Gasteiger partial charge is 0.326 e. The maximum Gasteiger partial charge on any atom is 0.176 e. The van der Waals surface area contributed by atoms with Crippen molar-refractivity contribution in [1.29, 1.82) is 0 Å². The van der Waals surface area contributed by atoms with E-state index in [0.29, 0.717) is 0 Å². The number of aromatic nitrogens is 2. The molecule has 0 saturated heterocycles. The molecule has 0 amide bonds. The van der Waals surface area contributed by atoms with Crippen LogP contribution in [-0.4, -0.2) is 9.55 Å². The summed E-state index contributed by atoms with van der Waals surface area (Å²) < 4.78 is 2.01. The van der Waals surface area contributed by atoms with E-state index >= 15 is 0 Å². The van der Waals surface area contributed by atoms with Crippen LogP contribution in [0.5, 0.6) is 0 Å². The lowest BCUT2D eigenvalue weighted by Gasteiger charge is -1.96. The van der Waals surface area contributed by atoms with Crippen LogP contribution in [0.25, 0.3) is 0 Å². The molecule has 0 aromatic carbocycles. The highest BCUT2D eigenvalue weighted by Gasteiger charge is 1.97. The second-order valence-corrected chi connectivity index (χ2v) is 2.13. The lowest BCUT2D eigenvalue weighted by atomic mass is 10.4. The molecule has 49 valence electrons. The highest BCUT2D eigenvalue weighted by Crippen LogP contribution is 2.01. The van der Waals surface area contributed by atoms with Crippen LogP contribution in [0.3, 0.4) is 0 Å². The van der Waals surface area contributed by atoms with Gasteiger partial charge in [0, 0.05) is 12.2 Å². The zero-order valence-corrected chi connectivity index (χ0v) is 6.10. The predicted octanol–water partition coefficient (Wildman–Crippen LogP) is 1.32. The van der Waals surface area contributed by atoms with Gasteiger partial charge in [-0.05, 0) is 20.8 Å². The average molecular weight is 123 g/mol. The Morgan fingerprint density at radius 3 is 2.44 bits per heavy atom. The minimum Gasteiger partial charge on any atom is -0.326 e. The molecule has 1 aromatic rings. The molecule has 1 aromatic heterocycles. The molecular formula is C7H11N2. The topological polar surface area (TPSA) is 17.8 Å². The third-order valence-corrected chi connectivity index (χ3v) is 1.58. The first-order valence-corrected chi connectivity index (χ1v) is 3.17. The van der Waals surface area contributed by atoms with Crippen molar-refractivity contribution in [2.24, 2.45) is 0 Å². The van der Waals surface area contributed by atoms with Gasteiger partial charge in [-0.15, -0.1) is 0 Å². The Hall–Kier alpha value is -0.790. The van der Waals surface area contributed by atoms with Crippen molar-refractivity contribution in [3.05, 3.63) is 17.7 Å². The zero-order chi connectivity index (χ0) is 6.85. The molecule has 1 heterocycles. The molecule has 0 N–H and O–H groups in total. The second kappa shape index (κ2) is 2.21. The maximum absolute atomic E-state index is 4.02. The van der Waals surface area contributed by atoms with E-state index in [-0.39, 0.29) is 0 Å². The number of rotatable bonds is 1. The predicted molar refractivity (Wildman–Crippen MR) is 36.2 cm³/mol. The van der Waals surface area contributed by atoms with Crippen molar-refractivity contribution in [3.8, 4) is 0 Å². The van der Waals surface area contributed by atoms with Gasteiger partial charge >= 0.3 is 0 Å². The molecule has 0 aliphatic rings. The molecule has 0 aliphatic carbocycles. The minimum absolute atomic E-state index is 0.965. The van der Waals surface area contributed by atoms with E-state index in [4.69, 9.17) is 0 Å². The molecule has 0 saturated carbocycles. The molecule has 9 heavy (non-hydrogen) atoms. The van der Waals surface area contributed by atoms with Gasteiger partial charge in [0.25, 0.3) is 0 Å². The monoisotopic (exact) mass is 123 g/mol. The van der Waals surface area contributed by atoms with Crippen LogP contribution in [0, 0.1) is 20.2 Å². The van der Waals surface area contributed by atoms with E-state index in [0.717, 1.165) is 12.2 Å². The lowest BCUT2D eigenvalue weighted by molar-refractivity contribution is 0.730. The molecule has 0 bridgehead atoms. The first-order chi connectivity index (χ1) is 4.25. The quantitative estimate of drug-likeness (QED) is 0.550. The fourth-order valence-electron chi connectivity index (χ4n) is 0.794. The number of imidazole rings is 1. The number of aryl methyl sites for hydroxylation is 2. The van der Waals surface area contributed by atoms with Gasteiger partial charge < -0.3 is 4.57 Å². The molecule has 0 fully saturated rings. The van der Waals surface area contributed by atoms with E-state index in [1.165, 1.54) is 5.69 Å². The molecule has 1 radical (unpaired) electrons. The lowest BCUT2D eigenvalue weighted by Crippen LogP contribution is -1.94. The van der Waals surface area contributed by atoms with Crippen LogP contribution < -0.4 is 0 Å². The van der Waals surface area contributed by atoms with Crippen molar-refractivity contribution < 1.29 is 0 Å². The van der Waals surface area contributed by atoms with E-state index < -0.39 is 0 Å². The maximum atomic E-state index is 4.02. The molecule has 0 unspecified atom stereocenters. The molecule has 2 heteroatoms. The summed E-state index contributed by atoms with van der Waals surface area (Å²) in [6.45, 7) is 7.11. The number of hydrogen-bond acceptors (Lipinski definition) is 1. The van der Waals surface area contributed by atoms with Crippen LogP contribution >= 0.6 is 0 Å². The van der Waals surface area contributed by atoms with Crippen LogP contribution in [0.4, 0.5) is 0 Å². The minimum atomic E-state index is 0.965. The summed E-state index contributed by atoms with van der Waals surface area (Å²) in [5, 5.41) is 0. The average Bonchev–Trinajstić information content (AvgIpc) is 2.15. The van der Waals surface area contributed by atoms with Crippen molar-refractivity contribution in [1.82, 2.24) is 9.55 Å². The van der Waals surface area contributed by atoms with E-state index in [2.05, 4.69) is 25.2 Å². The van der Waals surface area contributed by atoms with Crippen molar-refractivity contribution in [2.75, 3.05) is 0 Å². The second-order valence-electron chi connectivity index (χ2n) is 2.13. The summed E-state index contributed by atoms with van der Waals surface area (Å²) in [7, 11) is 0. The Morgan fingerprint density at radius 1 is 1.56 bits per heavy atom. The molecule has 2 nitrogen and oxygen atoms in total. The highest BCUT2D eigenvalue weighted by atomic mass is 15.0. The fourth-order valence-corrected chi connectivity index (χ4v) is 0.794. The molecular weight excluding hydrogens is 112 g/mol. The summed E-state index contributed by atoms with van der Waals surface area (Å²) in [5.74, 6) is 0.